The number of rotatable bonds is 4. The summed E-state index contributed by atoms with van der Waals surface area (Å²) < 4.78 is 7.55. The van der Waals surface area contributed by atoms with E-state index in [0.717, 1.165) is 54.1 Å². The van der Waals surface area contributed by atoms with E-state index in [1.807, 2.05) is 49.4 Å². The Morgan fingerprint density at radius 2 is 2.03 bits per heavy atom. The van der Waals surface area contributed by atoms with Crippen molar-refractivity contribution in [1.29, 1.82) is 0 Å². The third kappa shape index (κ3) is 3.41. The Morgan fingerprint density at radius 1 is 1.21 bits per heavy atom. The maximum absolute atomic E-state index is 12.8. The van der Waals surface area contributed by atoms with Gasteiger partial charge in [-0.1, -0.05) is 18.2 Å². The molecule has 0 aliphatic carbocycles. The maximum atomic E-state index is 12.8. The summed E-state index contributed by atoms with van der Waals surface area (Å²) in [6.07, 6.45) is 3.18. The van der Waals surface area contributed by atoms with Crippen LogP contribution >= 0.6 is 0 Å². The van der Waals surface area contributed by atoms with Crippen molar-refractivity contribution < 1.29 is 9.21 Å². The number of fused-ring (bicyclic) bond motifs is 2. The normalized spacial score (nSPS) is 16.4. The molecule has 0 unspecified atom stereocenters. The topological polar surface area (TPSA) is 88.6 Å². The zero-order valence-corrected chi connectivity index (χ0v) is 16.2. The molecule has 1 fully saturated rings. The molecule has 8 nitrogen and oxygen atoms in total. The van der Waals surface area contributed by atoms with Crippen molar-refractivity contribution in [1.82, 2.24) is 25.1 Å². The minimum Gasteiger partial charge on any atom is -0.459 e. The van der Waals surface area contributed by atoms with Crippen molar-refractivity contribution in [2.75, 3.05) is 18.0 Å². The first-order valence-electron chi connectivity index (χ1n) is 9.88. The quantitative estimate of drug-likeness (QED) is 0.576. The molecule has 1 saturated heterocycles. The van der Waals surface area contributed by atoms with Crippen molar-refractivity contribution in [3.8, 4) is 0 Å². The third-order valence-electron chi connectivity index (χ3n) is 5.57. The Morgan fingerprint density at radius 3 is 2.86 bits per heavy atom. The van der Waals surface area contributed by atoms with Gasteiger partial charge in [-0.25, -0.2) is 0 Å². The van der Waals surface area contributed by atoms with Gasteiger partial charge in [-0.3, -0.25) is 4.79 Å². The van der Waals surface area contributed by atoms with Crippen LogP contribution in [0.25, 0.3) is 16.6 Å². The van der Waals surface area contributed by atoms with Gasteiger partial charge in [0.05, 0.1) is 6.04 Å². The van der Waals surface area contributed by atoms with E-state index in [1.165, 1.54) is 0 Å². The van der Waals surface area contributed by atoms with Crippen LogP contribution in [0.1, 0.15) is 31.6 Å². The SMILES string of the molecule is C[C@@H](NC(=O)C1CCN(c2ccc3nncn3n2)CC1)c1cc2ccccc2o1. The lowest BCUT2D eigenvalue weighted by atomic mass is 9.95. The number of aromatic nitrogens is 4. The Balaban J connectivity index is 1.20. The summed E-state index contributed by atoms with van der Waals surface area (Å²) in [5.74, 6) is 1.74. The molecule has 4 aromatic rings. The summed E-state index contributed by atoms with van der Waals surface area (Å²) in [5.41, 5.74) is 1.57. The molecule has 0 saturated carbocycles. The molecular weight excluding hydrogens is 368 g/mol. The Hall–Kier alpha value is -3.42. The number of anilines is 1. The zero-order chi connectivity index (χ0) is 19.8. The predicted molar refractivity (Wildman–Crippen MR) is 108 cm³/mol. The van der Waals surface area contributed by atoms with Crippen molar-refractivity contribution >= 4 is 28.3 Å². The third-order valence-corrected chi connectivity index (χ3v) is 5.57. The minimum absolute atomic E-state index is 0.00304. The number of hydrogen-bond acceptors (Lipinski definition) is 6. The number of nitrogens with one attached hydrogen (secondary N) is 1. The summed E-state index contributed by atoms with van der Waals surface area (Å²) >= 11 is 0. The van der Waals surface area contributed by atoms with Gasteiger partial charge >= 0.3 is 0 Å². The summed E-state index contributed by atoms with van der Waals surface area (Å²) in [5, 5.41) is 16.5. The van der Waals surface area contributed by atoms with E-state index >= 15 is 0 Å². The van der Waals surface area contributed by atoms with Crippen LogP contribution in [0.2, 0.25) is 0 Å². The molecule has 1 aliphatic heterocycles. The first-order chi connectivity index (χ1) is 14.2. The Kier molecular flexibility index (Phi) is 4.38. The van der Waals surface area contributed by atoms with Crippen LogP contribution in [0.4, 0.5) is 5.82 Å². The van der Waals surface area contributed by atoms with E-state index in [2.05, 4.69) is 25.5 Å². The predicted octanol–water partition coefficient (Wildman–Crippen LogP) is 2.96. The van der Waals surface area contributed by atoms with E-state index in [1.54, 1.807) is 10.8 Å². The van der Waals surface area contributed by atoms with Crippen LogP contribution in [0.5, 0.6) is 0 Å². The highest BCUT2D eigenvalue weighted by molar-refractivity contribution is 5.80. The van der Waals surface area contributed by atoms with E-state index in [9.17, 15) is 4.79 Å². The molecule has 1 atom stereocenters. The molecular formula is C21H22N6O2. The molecule has 3 aromatic heterocycles. The van der Waals surface area contributed by atoms with Crippen LogP contribution in [-0.4, -0.2) is 38.8 Å². The van der Waals surface area contributed by atoms with E-state index in [0.29, 0.717) is 0 Å². The van der Waals surface area contributed by atoms with Gasteiger partial charge in [0.2, 0.25) is 5.91 Å². The lowest BCUT2D eigenvalue weighted by Crippen LogP contribution is -2.41. The van der Waals surface area contributed by atoms with E-state index in [-0.39, 0.29) is 17.9 Å². The largest absolute Gasteiger partial charge is 0.459 e. The number of benzene rings is 1. The lowest BCUT2D eigenvalue weighted by molar-refractivity contribution is -0.126. The van der Waals surface area contributed by atoms with Gasteiger partial charge in [-0.05, 0) is 44.0 Å². The second kappa shape index (κ2) is 7.20. The van der Waals surface area contributed by atoms with E-state index < -0.39 is 0 Å². The van der Waals surface area contributed by atoms with Crippen molar-refractivity contribution in [3.63, 3.8) is 0 Å². The molecule has 8 heteroatoms. The molecule has 1 N–H and O–H groups in total. The van der Waals surface area contributed by atoms with Gasteiger partial charge in [0.1, 0.15) is 23.5 Å². The zero-order valence-electron chi connectivity index (χ0n) is 16.2. The number of nitrogens with zero attached hydrogens (tertiary/aromatic N) is 5. The number of furan rings is 1. The molecule has 29 heavy (non-hydrogen) atoms. The smallest absolute Gasteiger partial charge is 0.223 e. The monoisotopic (exact) mass is 390 g/mol. The number of piperidine rings is 1. The fourth-order valence-corrected chi connectivity index (χ4v) is 3.88. The fourth-order valence-electron chi connectivity index (χ4n) is 3.88. The van der Waals surface area contributed by atoms with Gasteiger partial charge in [-0.15, -0.1) is 15.3 Å². The molecule has 0 radical (unpaired) electrons. The number of para-hydroxylation sites is 1. The summed E-state index contributed by atoms with van der Waals surface area (Å²) in [6, 6.07) is 13.6. The summed E-state index contributed by atoms with van der Waals surface area (Å²) in [6.45, 7) is 3.54. The van der Waals surface area contributed by atoms with Gasteiger partial charge in [0, 0.05) is 24.4 Å². The first kappa shape index (κ1) is 17.7. The number of carbonyl (C=O) groups is 1. The Labute approximate surface area is 167 Å². The van der Waals surface area contributed by atoms with E-state index in [4.69, 9.17) is 4.42 Å². The number of amides is 1. The highest BCUT2D eigenvalue weighted by atomic mass is 16.3. The first-order valence-corrected chi connectivity index (χ1v) is 9.88. The molecule has 1 amide bonds. The highest BCUT2D eigenvalue weighted by Gasteiger charge is 2.27. The maximum Gasteiger partial charge on any atom is 0.223 e. The summed E-state index contributed by atoms with van der Waals surface area (Å²) in [4.78, 5) is 15.0. The second-order valence-corrected chi connectivity index (χ2v) is 7.50. The van der Waals surface area contributed by atoms with Crippen molar-refractivity contribution in [2.24, 2.45) is 5.92 Å². The molecule has 1 aliphatic rings. The number of hydrogen-bond donors (Lipinski definition) is 1. The standard InChI is InChI=1S/C21H22N6O2/c1-14(18-12-16-4-2-3-5-17(16)29-18)23-21(28)15-8-10-26(11-9-15)20-7-6-19-24-22-13-27(19)25-20/h2-7,12-15H,8-11H2,1H3,(H,23,28)/t14-/m1/s1. The van der Waals surface area contributed by atoms with Crippen molar-refractivity contribution in [3.05, 3.63) is 54.6 Å². The van der Waals surface area contributed by atoms with Crippen LogP contribution < -0.4 is 10.2 Å². The fraction of sp³-hybridized carbons (Fsp3) is 0.333. The minimum atomic E-state index is -0.161. The van der Waals surface area contributed by atoms with Crippen LogP contribution in [-0.2, 0) is 4.79 Å². The second-order valence-electron chi connectivity index (χ2n) is 7.50. The number of carbonyl (C=O) groups excluding carboxylic acids is 1. The van der Waals surface area contributed by atoms with Gasteiger partial charge < -0.3 is 14.6 Å². The molecule has 4 heterocycles. The van der Waals surface area contributed by atoms with Crippen LogP contribution in [0, 0.1) is 5.92 Å². The van der Waals surface area contributed by atoms with Crippen LogP contribution in [0.3, 0.4) is 0 Å². The molecule has 148 valence electrons. The highest BCUT2D eigenvalue weighted by Crippen LogP contribution is 2.26. The molecule has 0 spiro atoms. The van der Waals surface area contributed by atoms with Crippen LogP contribution in [0.15, 0.2) is 53.2 Å². The molecule has 1 aromatic carbocycles. The summed E-state index contributed by atoms with van der Waals surface area (Å²) in [7, 11) is 0. The van der Waals surface area contributed by atoms with Gasteiger partial charge in [0.25, 0.3) is 0 Å². The molecule has 0 bridgehead atoms. The van der Waals surface area contributed by atoms with Crippen molar-refractivity contribution in [2.45, 2.75) is 25.8 Å². The molecule has 5 rings (SSSR count). The lowest BCUT2D eigenvalue weighted by Gasteiger charge is -2.32. The Bertz CT molecular complexity index is 1130. The average molecular weight is 390 g/mol. The van der Waals surface area contributed by atoms with Gasteiger partial charge in [0.15, 0.2) is 5.65 Å². The average Bonchev–Trinajstić information content (AvgIpc) is 3.40. The van der Waals surface area contributed by atoms with Gasteiger partial charge in [-0.2, -0.15) is 4.52 Å².